The van der Waals surface area contributed by atoms with Crippen molar-refractivity contribution in [2.45, 2.75) is 418 Å². The molecule has 0 aliphatic rings. The summed E-state index contributed by atoms with van der Waals surface area (Å²) < 4.78 is 23.8. The number of phosphoric ester groups is 1. The quantitative estimate of drug-likeness (QED) is 0.0243. The second kappa shape index (κ2) is 67.4. The number of rotatable bonds is 72. The van der Waals surface area contributed by atoms with E-state index in [9.17, 15) is 19.4 Å². The van der Waals surface area contributed by atoms with E-state index in [2.05, 4.69) is 31.3 Å². The summed E-state index contributed by atoms with van der Waals surface area (Å²) in [6, 6.07) is -0.862. The Morgan fingerprint density at radius 2 is 0.647 bits per heavy atom. The SMILES string of the molecule is CCCCCCCCCCCCCCCCCCCCCCCC/C=C/CC/C=C/C(O)C(COP(=O)(O)OCC[N+](C)(C)C)NC(=O)CCCCCCCCCCCCCCCCCCCCCCCCCCCCCCCCCCCCC. The van der Waals surface area contributed by atoms with Crippen LogP contribution in [0.3, 0.4) is 0 Å². The zero-order chi connectivity index (χ0) is 61.9. The molecule has 0 aromatic carbocycles. The van der Waals surface area contributed by atoms with Gasteiger partial charge < -0.3 is 19.8 Å². The third kappa shape index (κ3) is 70.3. The van der Waals surface area contributed by atoms with E-state index in [0.717, 1.165) is 38.5 Å². The van der Waals surface area contributed by atoms with Crippen LogP contribution in [-0.2, 0) is 18.4 Å². The average molecular weight is 1220 g/mol. The van der Waals surface area contributed by atoms with Crippen LogP contribution in [0.15, 0.2) is 24.3 Å². The maximum atomic E-state index is 13.1. The lowest BCUT2D eigenvalue weighted by molar-refractivity contribution is -0.870. The first kappa shape index (κ1) is 84.0. The molecule has 3 atom stereocenters. The van der Waals surface area contributed by atoms with E-state index in [4.69, 9.17) is 9.05 Å². The Balaban J connectivity index is 3.98. The molecule has 0 aromatic rings. The molecular formula is C76H152N2O6P+. The van der Waals surface area contributed by atoms with E-state index in [-0.39, 0.29) is 19.1 Å². The van der Waals surface area contributed by atoms with Crippen LogP contribution in [-0.4, -0.2) is 73.4 Å². The van der Waals surface area contributed by atoms with Crippen LogP contribution >= 0.6 is 7.82 Å². The number of likely N-dealkylation sites (N-methyl/N-ethyl adjacent to an activating group) is 1. The first-order chi connectivity index (χ1) is 41.5. The third-order valence-electron chi connectivity index (χ3n) is 17.9. The summed E-state index contributed by atoms with van der Waals surface area (Å²) in [5, 5.41) is 14.0. The number of unbranched alkanes of at least 4 members (excludes halogenated alkanes) is 57. The molecule has 506 valence electrons. The van der Waals surface area contributed by atoms with Gasteiger partial charge in [0.2, 0.25) is 5.91 Å². The van der Waals surface area contributed by atoms with Gasteiger partial charge in [-0.25, -0.2) is 4.57 Å². The van der Waals surface area contributed by atoms with E-state index in [1.54, 1.807) is 6.08 Å². The van der Waals surface area contributed by atoms with Gasteiger partial charge in [0.15, 0.2) is 0 Å². The zero-order valence-corrected chi connectivity index (χ0v) is 59.0. The molecule has 0 heterocycles. The number of nitrogens with zero attached hydrogens (tertiary/aromatic N) is 1. The van der Waals surface area contributed by atoms with E-state index >= 15 is 0 Å². The first-order valence-corrected chi connectivity index (χ1v) is 39.7. The highest BCUT2D eigenvalue weighted by atomic mass is 31.2. The van der Waals surface area contributed by atoms with Crippen molar-refractivity contribution in [2.75, 3.05) is 40.9 Å². The highest BCUT2D eigenvalue weighted by molar-refractivity contribution is 7.47. The minimum absolute atomic E-state index is 0.0592. The van der Waals surface area contributed by atoms with Crippen LogP contribution < -0.4 is 5.32 Å². The van der Waals surface area contributed by atoms with E-state index in [0.29, 0.717) is 17.4 Å². The Morgan fingerprint density at radius 3 is 0.941 bits per heavy atom. The second-order valence-electron chi connectivity index (χ2n) is 27.7. The topological polar surface area (TPSA) is 105 Å². The number of amides is 1. The van der Waals surface area contributed by atoms with Gasteiger partial charge in [0.05, 0.1) is 39.9 Å². The van der Waals surface area contributed by atoms with Gasteiger partial charge in [-0.05, 0) is 32.1 Å². The molecule has 0 radical (unpaired) electrons. The van der Waals surface area contributed by atoms with Crippen molar-refractivity contribution in [1.29, 1.82) is 0 Å². The van der Waals surface area contributed by atoms with Gasteiger partial charge in [-0.1, -0.05) is 391 Å². The van der Waals surface area contributed by atoms with Crippen molar-refractivity contribution in [3.63, 3.8) is 0 Å². The number of quaternary nitrogens is 1. The van der Waals surface area contributed by atoms with Crippen molar-refractivity contribution in [2.24, 2.45) is 0 Å². The number of aliphatic hydroxyl groups is 1. The van der Waals surface area contributed by atoms with Crippen LogP contribution in [0.2, 0.25) is 0 Å². The number of hydrogen-bond acceptors (Lipinski definition) is 5. The number of carbonyl (C=O) groups is 1. The Kier molecular flexibility index (Phi) is 66.6. The zero-order valence-electron chi connectivity index (χ0n) is 58.1. The number of aliphatic hydroxyl groups excluding tert-OH is 1. The van der Waals surface area contributed by atoms with Crippen LogP contribution in [0.25, 0.3) is 0 Å². The van der Waals surface area contributed by atoms with Gasteiger partial charge in [-0.2, -0.15) is 0 Å². The molecular weight excluding hydrogens is 1070 g/mol. The van der Waals surface area contributed by atoms with Gasteiger partial charge in [0, 0.05) is 6.42 Å². The molecule has 0 rings (SSSR count). The molecule has 0 aliphatic heterocycles. The number of phosphoric acid groups is 1. The average Bonchev–Trinajstić information content (AvgIpc) is 3.48. The first-order valence-electron chi connectivity index (χ1n) is 38.2. The second-order valence-corrected chi connectivity index (χ2v) is 29.2. The van der Waals surface area contributed by atoms with E-state index < -0.39 is 20.0 Å². The van der Waals surface area contributed by atoms with Gasteiger partial charge in [0.25, 0.3) is 0 Å². The molecule has 0 spiro atoms. The highest BCUT2D eigenvalue weighted by Gasteiger charge is 2.28. The van der Waals surface area contributed by atoms with E-state index in [1.807, 2.05) is 27.2 Å². The maximum absolute atomic E-state index is 13.1. The standard InChI is InChI=1S/C76H151N2O6P/c1-6-8-10-12-14-16-18-20-22-24-26-28-30-32-34-36-37-38-39-40-41-42-44-46-48-50-52-54-56-58-60-62-64-66-68-70-76(80)77-74(73-84-85(81,82)83-72-71-78(3,4)5)75(79)69-67-65-63-61-59-57-55-53-51-49-47-45-43-35-33-31-29-27-25-23-21-19-17-15-13-11-9-7-2/h59,61,67,69,74-75,79H,6-58,60,62-66,68,70-73H2,1-5H3,(H-,77,80,81,82)/p+1/b61-59+,69-67+. The maximum Gasteiger partial charge on any atom is 0.472 e. The fourth-order valence-corrected chi connectivity index (χ4v) is 12.7. The lowest BCUT2D eigenvalue weighted by Gasteiger charge is -2.25. The van der Waals surface area contributed by atoms with Crippen molar-refractivity contribution in [3.8, 4) is 0 Å². The number of hydrogen-bond donors (Lipinski definition) is 3. The van der Waals surface area contributed by atoms with Crippen molar-refractivity contribution >= 4 is 13.7 Å². The molecule has 0 aliphatic carbocycles. The fraction of sp³-hybridized carbons (Fsp3) is 0.934. The largest absolute Gasteiger partial charge is 0.472 e. The minimum atomic E-state index is -4.36. The van der Waals surface area contributed by atoms with Gasteiger partial charge in [-0.15, -0.1) is 0 Å². The smallest absolute Gasteiger partial charge is 0.387 e. The highest BCUT2D eigenvalue weighted by Crippen LogP contribution is 2.43. The predicted molar refractivity (Wildman–Crippen MR) is 374 cm³/mol. The third-order valence-corrected chi connectivity index (χ3v) is 18.9. The Labute approximate surface area is 532 Å². The number of allylic oxidation sites excluding steroid dienone is 3. The molecule has 1 amide bonds. The Bertz CT molecular complexity index is 1430. The molecule has 0 bridgehead atoms. The number of nitrogens with one attached hydrogen (secondary N) is 1. The molecule has 3 unspecified atom stereocenters. The Morgan fingerprint density at radius 1 is 0.388 bits per heavy atom. The lowest BCUT2D eigenvalue weighted by Crippen LogP contribution is -2.45. The molecule has 0 saturated heterocycles. The normalized spacial score (nSPS) is 13.6. The van der Waals surface area contributed by atoms with Gasteiger partial charge in [-0.3, -0.25) is 13.8 Å². The van der Waals surface area contributed by atoms with Crippen LogP contribution in [0.1, 0.15) is 406 Å². The number of carbonyl (C=O) groups excluding carboxylic acids is 1. The lowest BCUT2D eigenvalue weighted by atomic mass is 10.0. The molecule has 85 heavy (non-hydrogen) atoms. The molecule has 8 nitrogen and oxygen atoms in total. The van der Waals surface area contributed by atoms with Crippen molar-refractivity contribution in [3.05, 3.63) is 24.3 Å². The predicted octanol–water partition coefficient (Wildman–Crippen LogP) is 24.6. The Hall–Kier alpha value is -1.02. The van der Waals surface area contributed by atoms with E-state index in [1.165, 1.54) is 347 Å². The summed E-state index contributed by atoms with van der Waals surface area (Å²) in [7, 11) is 1.58. The van der Waals surface area contributed by atoms with Crippen molar-refractivity contribution in [1.82, 2.24) is 5.32 Å². The monoisotopic (exact) mass is 1220 g/mol. The molecule has 0 saturated carbocycles. The summed E-state index contributed by atoms with van der Waals surface area (Å²) in [5.74, 6) is -0.177. The summed E-state index contributed by atoms with van der Waals surface area (Å²) in [6.07, 6.45) is 89.4. The molecule has 3 N–H and O–H groups in total. The van der Waals surface area contributed by atoms with Gasteiger partial charge in [0.1, 0.15) is 13.2 Å². The molecule has 9 heteroatoms. The summed E-state index contributed by atoms with van der Waals surface area (Å²) >= 11 is 0. The fourth-order valence-electron chi connectivity index (χ4n) is 12.0. The van der Waals surface area contributed by atoms with Crippen LogP contribution in [0.5, 0.6) is 0 Å². The summed E-state index contributed by atoms with van der Waals surface area (Å²) in [4.78, 5) is 23.5. The van der Waals surface area contributed by atoms with Crippen LogP contribution in [0.4, 0.5) is 0 Å². The summed E-state index contributed by atoms with van der Waals surface area (Å²) in [6.45, 7) is 4.87. The van der Waals surface area contributed by atoms with Crippen LogP contribution in [0, 0.1) is 0 Å². The molecule has 0 fully saturated rings. The van der Waals surface area contributed by atoms with Gasteiger partial charge >= 0.3 is 7.82 Å². The minimum Gasteiger partial charge on any atom is -0.387 e. The van der Waals surface area contributed by atoms with Crippen molar-refractivity contribution < 1.29 is 32.9 Å². The molecule has 0 aromatic heterocycles. The summed E-state index contributed by atoms with van der Waals surface area (Å²) in [5.41, 5.74) is 0.